The molecule has 8 heteroatoms. The molecule has 0 bridgehead atoms. The fraction of sp³-hybridized carbons (Fsp3) is 0.581. The number of hydrogen-bond acceptors (Lipinski definition) is 7. The second-order valence-electron chi connectivity index (χ2n) is 11.3. The molecule has 1 aromatic rings. The zero-order valence-electron chi connectivity index (χ0n) is 24.9. The van der Waals surface area contributed by atoms with Crippen LogP contribution < -0.4 is 0 Å². The molecule has 0 aliphatic rings. The quantitative estimate of drug-likeness (QED) is 0.0443. The van der Waals surface area contributed by atoms with Crippen LogP contribution in [0, 0.1) is 0 Å². The SMILES string of the molecule is CCCCC[C@H](/C=C/C=C/c1ccccc1/C=C/[C@@H](OS)[C@H](CCCC(=O)OC)OS)O[Si](C)(C)C(C)(C)C. The van der Waals surface area contributed by atoms with Gasteiger partial charge in [-0.25, -0.2) is 0 Å². The van der Waals surface area contributed by atoms with Gasteiger partial charge in [-0.1, -0.05) is 108 Å². The minimum absolute atomic E-state index is 0.128. The fourth-order valence-electron chi connectivity index (χ4n) is 3.76. The van der Waals surface area contributed by atoms with Crippen molar-refractivity contribution < 1.29 is 22.3 Å². The normalized spacial score (nSPS) is 15.3. The van der Waals surface area contributed by atoms with E-state index in [2.05, 4.69) is 103 Å². The van der Waals surface area contributed by atoms with E-state index in [1.54, 1.807) is 0 Å². The average Bonchev–Trinajstić information content (AvgIpc) is 2.89. The van der Waals surface area contributed by atoms with Gasteiger partial charge in [-0.05, 0) is 74.3 Å². The van der Waals surface area contributed by atoms with Crippen molar-refractivity contribution in [3.63, 3.8) is 0 Å². The number of carbonyl (C=O) groups is 1. The van der Waals surface area contributed by atoms with Gasteiger partial charge in [0.05, 0.1) is 13.2 Å². The molecule has 1 aromatic carbocycles. The highest BCUT2D eigenvalue weighted by Gasteiger charge is 2.38. The second-order valence-corrected chi connectivity index (χ2v) is 16.5. The number of rotatable bonds is 18. The summed E-state index contributed by atoms with van der Waals surface area (Å²) in [6, 6.07) is 8.16. The second kappa shape index (κ2) is 18.9. The summed E-state index contributed by atoms with van der Waals surface area (Å²) in [4.78, 5) is 11.4. The predicted molar refractivity (Wildman–Crippen MR) is 173 cm³/mol. The molecule has 0 unspecified atom stereocenters. The van der Waals surface area contributed by atoms with Crippen molar-refractivity contribution >= 4 is 52.3 Å². The Morgan fingerprint density at radius 3 is 2.18 bits per heavy atom. The third kappa shape index (κ3) is 13.8. The van der Waals surface area contributed by atoms with Crippen LogP contribution in [0.4, 0.5) is 0 Å². The van der Waals surface area contributed by atoms with Gasteiger partial charge in [0.1, 0.15) is 12.2 Å². The van der Waals surface area contributed by atoms with Gasteiger partial charge < -0.3 is 17.5 Å². The molecule has 0 fully saturated rings. The van der Waals surface area contributed by atoms with Crippen molar-refractivity contribution in [3.05, 3.63) is 59.7 Å². The van der Waals surface area contributed by atoms with Crippen LogP contribution in [0.5, 0.6) is 0 Å². The number of esters is 1. The Labute approximate surface area is 249 Å². The lowest BCUT2D eigenvalue weighted by molar-refractivity contribution is -0.140. The van der Waals surface area contributed by atoms with Gasteiger partial charge in [-0.15, -0.1) is 0 Å². The first-order valence-corrected chi connectivity index (χ1v) is 17.6. The van der Waals surface area contributed by atoms with Gasteiger partial charge in [0.15, 0.2) is 8.32 Å². The van der Waals surface area contributed by atoms with Crippen LogP contribution in [0.15, 0.2) is 48.6 Å². The first-order valence-electron chi connectivity index (χ1n) is 14.0. The van der Waals surface area contributed by atoms with Gasteiger partial charge in [0, 0.05) is 6.42 Å². The van der Waals surface area contributed by atoms with Gasteiger partial charge in [0.2, 0.25) is 0 Å². The van der Waals surface area contributed by atoms with E-state index < -0.39 is 14.4 Å². The Morgan fingerprint density at radius 1 is 0.949 bits per heavy atom. The molecule has 0 amide bonds. The summed E-state index contributed by atoms with van der Waals surface area (Å²) in [5.41, 5.74) is 2.13. The minimum atomic E-state index is -1.86. The highest BCUT2D eigenvalue weighted by molar-refractivity contribution is 7.75. The van der Waals surface area contributed by atoms with E-state index in [0.717, 1.165) is 17.5 Å². The molecule has 1 rings (SSSR count). The van der Waals surface area contributed by atoms with E-state index >= 15 is 0 Å². The molecule has 220 valence electrons. The third-order valence-electron chi connectivity index (χ3n) is 7.24. The first kappa shape index (κ1) is 35.7. The Hall–Kier alpha value is -1.29. The molecule has 5 nitrogen and oxygen atoms in total. The van der Waals surface area contributed by atoms with Crippen LogP contribution in [0.3, 0.4) is 0 Å². The summed E-state index contributed by atoms with van der Waals surface area (Å²) in [6.07, 6.45) is 17.9. The standard InChI is InChI=1S/C31H50O5S2Si/c1-8-9-10-19-27(36-39(6,7)31(2,3)4)20-14-13-17-25-16-11-12-18-26(25)23-24-29(35-38)28(34-37)21-15-22-30(32)33-5/h11-14,16-18,20,23-24,27-29,37-38H,8-10,15,19,21-22H2,1-7H3/b17-13+,20-14+,24-23+/t27-,28+,29-/m1/s1. The van der Waals surface area contributed by atoms with Crippen LogP contribution in [0.25, 0.3) is 12.2 Å². The number of hydrogen-bond donors (Lipinski definition) is 2. The van der Waals surface area contributed by atoms with Crippen molar-refractivity contribution in [1.82, 2.24) is 0 Å². The lowest BCUT2D eigenvalue weighted by Gasteiger charge is -2.38. The summed E-state index contributed by atoms with van der Waals surface area (Å²) in [7, 11) is -0.474. The first-order chi connectivity index (χ1) is 18.5. The number of thiol groups is 2. The molecule has 0 aromatic heterocycles. The molecule has 0 radical (unpaired) electrons. The molecular formula is C31H50O5S2Si. The Kier molecular flexibility index (Phi) is 17.4. The maximum Gasteiger partial charge on any atom is 0.305 e. The zero-order chi connectivity index (χ0) is 29.3. The monoisotopic (exact) mass is 594 g/mol. The van der Waals surface area contributed by atoms with E-state index in [1.807, 2.05) is 24.3 Å². The lowest BCUT2D eigenvalue weighted by atomic mass is 10.0. The van der Waals surface area contributed by atoms with Gasteiger partial charge in [0.25, 0.3) is 0 Å². The maximum atomic E-state index is 11.4. The molecule has 3 atom stereocenters. The van der Waals surface area contributed by atoms with Crippen LogP contribution in [-0.2, 0) is 22.3 Å². The fourth-order valence-corrected chi connectivity index (χ4v) is 5.50. The van der Waals surface area contributed by atoms with E-state index in [9.17, 15) is 4.79 Å². The number of carbonyl (C=O) groups excluding carboxylic acids is 1. The van der Waals surface area contributed by atoms with Gasteiger partial charge in [-0.2, -0.15) is 0 Å². The molecule has 0 aliphatic heterocycles. The number of methoxy groups -OCH3 is 1. The maximum absolute atomic E-state index is 11.4. The topological polar surface area (TPSA) is 54.0 Å². The van der Waals surface area contributed by atoms with Crippen molar-refractivity contribution in [3.8, 4) is 0 Å². The van der Waals surface area contributed by atoms with E-state index in [1.165, 1.54) is 26.4 Å². The van der Waals surface area contributed by atoms with E-state index in [0.29, 0.717) is 19.3 Å². The highest BCUT2D eigenvalue weighted by atomic mass is 32.1. The number of allylic oxidation sites excluding steroid dienone is 2. The van der Waals surface area contributed by atoms with Crippen LogP contribution >= 0.6 is 25.8 Å². The summed E-state index contributed by atoms with van der Waals surface area (Å²) in [5, 5.41) is 0.178. The number of ether oxygens (including phenoxy) is 1. The van der Waals surface area contributed by atoms with Crippen molar-refractivity contribution in [2.75, 3.05) is 7.11 Å². The summed E-state index contributed by atoms with van der Waals surface area (Å²) >= 11 is 8.05. The van der Waals surface area contributed by atoms with Crippen LogP contribution in [-0.4, -0.2) is 39.7 Å². The molecule has 0 aliphatic carbocycles. The van der Waals surface area contributed by atoms with E-state index in [-0.39, 0.29) is 23.2 Å². The van der Waals surface area contributed by atoms with Crippen molar-refractivity contribution in [2.24, 2.45) is 0 Å². The van der Waals surface area contributed by atoms with Crippen LogP contribution in [0.1, 0.15) is 83.8 Å². The summed E-state index contributed by atoms with van der Waals surface area (Å²) in [6.45, 7) is 13.7. The lowest BCUT2D eigenvalue weighted by Crippen LogP contribution is -2.43. The largest absolute Gasteiger partial charge is 0.469 e. The summed E-state index contributed by atoms with van der Waals surface area (Å²) < 4.78 is 22.1. The third-order valence-corrected chi connectivity index (χ3v) is 12.3. The molecule has 0 N–H and O–H groups in total. The number of unbranched alkanes of at least 4 members (excludes halogenated alkanes) is 2. The molecular weight excluding hydrogens is 545 g/mol. The van der Waals surface area contributed by atoms with E-state index in [4.69, 9.17) is 17.5 Å². The van der Waals surface area contributed by atoms with Crippen molar-refractivity contribution in [2.45, 2.75) is 109 Å². The minimum Gasteiger partial charge on any atom is -0.469 e. The van der Waals surface area contributed by atoms with Crippen molar-refractivity contribution in [1.29, 1.82) is 0 Å². The Morgan fingerprint density at radius 2 is 1.62 bits per heavy atom. The molecule has 0 spiro atoms. The van der Waals surface area contributed by atoms with Gasteiger partial charge in [-0.3, -0.25) is 4.79 Å². The molecule has 0 saturated heterocycles. The Bertz CT molecular complexity index is 924. The molecule has 0 heterocycles. The number of benzene rings is 1. The molecule has 0 saturated carbocycles. The Balaban J connectivity index is 2.96. The van der Waals surface area contributed by atoms with Crippen LogP contribution in [0.2, 0.25) is 18.1 Å². The smallest absolute Gasteiger partial charge is 0.305 e. The highest BCUT2D eigenvalue weighted by Crippen LogP contribution is 2.38. The zero-order valence-corrected chi connectivity index (χ0v) is 27.7. The van der Waals surface area contributed by atoms with Gasteiger partial charge >= 0.3 is 5.97 Å². The summed E-state index contributed by atoms with van der Waals surface area (Å²) in [5.74, 6) is -0.250. The average molecular weight is 595 g/mol. The molecule has 39 heavy (non-hydrogen) atoms. The predicted octanol–water partition coefficient (Wildman–Crippen LogP) is 9.04.